The van der Waals surface area contributed by atoms with Crippen LogP contribution in [0.4, 0.5) is 5.69 Å². The summed E-state index contributed by atoms with van der Waals surface area (Å²) in [6.45, 7) is 4.56. The van der Waals surface area contributed by atoms with E-state index < -0.39 is 0 Å². The van der Waals surface area contributed by atoms with Crippen LogP contribution in [-0.4, -0.2) is 0 Å². The molecule has 23 heavy (non-hydrogen) atoms. The van der Waals surface area contributed by atoms with E-state index in [2.05, 4.69) is 74.5 Å². The highest BCUT2D eigenvalue weighted by Crippen LogP contribution is 2.52. The van der Waals surface area contributed by atoms with Crippen LogP contribution >= 0.6 is 0 Å². The molecule has 0 aromatic heterocycles. The van der Waals surface area contributed by atoms with Crippen molar-refractivity contribution in [1.82, 2.24) is 0 Å². The molecule has 0 bridgehead atoms. The predicted molar refractivity (Wildman–Crippen MR) is 97.7 cm³/mol. The fourth-order valence-electron chi connectivity index (χ4n) is 4.01. The Morgan fingerprint density at radius 3 is 2.35 bits per heavy atom. The lowest BCUT2D eigenvalue weighted by molar-refractivity contribution is 0.662. The molecule has 0 heterocycles. The van der Waals surface area contributed by atoms with E-state index in [9.17, 15) is 0 Å². The molecule has 1 nitrogen and oxygen atoms in total. The minimum absolute atomic E-state index is 0.0390. The van der Waals surface area contributed by atoms with Crippen LogP contribution in [0, 0.1) is 0 Å². The molecule has 0 fully saturated rings. The monoisotopic (exact) mass is 299 g/mol. The maximum atomic E-state index is 6.33. The molecule has 4 rings (SSSR count). The van der Waals surface area contributed by atoms with Gasteiger partial charge < -0.3 is 5.73 Å². The number of benzene rings is 3. The largest absolute Gasteiger partial charge is 0.398 e. The van der Waals surface area contributed by atoms with Gasteiger partial charge in [-0.1, -0.05) is 74.5 Å². The first-order valence-electron chi connectivity index (χ1n) is 8.14. The topological polar surface area (TPSA) is 26.0 Å². The van der Waals surface area contributed by atoms with Crippen LogP contribution < -0.4 is 5.73 Å². The molecule has 1 aliphatic rings. The van der Waals surface area contributed by atoms with Gasteiger partial charge in [-0.25, -0.2) is 0 Å². The summed E-state index contributed by atoms with van der Waals surface area (Å²) in [4.78, 5) is 0. The van der Waals surface area contributed by atoms with E-state index in [4.69, 9.17) is 5.73 Å². The predicted octanol–water partition coefficient (Wildman–Crippen LogP) is 5.17. The summed E-state index contributed by atoms with van der Waals surface area (Å²) in [6, 6.07) is 23.7. The van der Waals surface area contributed by atoms with Crippen LogP contribution in [0.5, 0.6) is 0 Å². The fourth-order valence-corrected chi connectivity index (χ4v) is 4.01. The normalized spacial score (nSPS) is 14.3. The van der Waals surface area contributed by atoms with Gasteiger partial charge in [0.1, 0.15) is 0 Å². The molecule has 0 spiro atoms. The molecule has 0 saturated heterocycles. The van der Waals surface area contributed by atoms with Crippen molar-refractivity contribution in [2.24, 2.45) is 0 Å². The van der Waals surface area contributed by atoms with Gasteiger partial charge in [0, 0.05) is 11.1 Å². The summed E-state index contributed by atoms with van der Waals surface area (Å²) in [5.41, 5.74) is 15.3. The third-order valence-corrected chi connectivity index (χ3v) is 5.05. The van der Waals surface area contributed by atoms with Crippen molar-refractivity contribution in [3.8, 4) is 11.1 Å². The van der Waals surface area contributed by atoms with Crippen molar-refractivity contribution in [3.05, 3.63) is 89.0 Å². The SMILES string of the molecule is CC1(C)c2cccc(Cc3ccccc3)c2-c2cccc(N)c21. The Kier molecular flexibility index (Phi) is 3.05. The molecule has 2 N–H and O–H groups in total. The van der Waals surface area contributed by atoms with E-state index in [1.54, 1.807) is 0 Å². The number of hydrogen-bond donors (Lipinski definition) is 1. The Morgan fingerprint density at radius 2 is 1.57 bits per heavy atom. The molecule has 0 aliphatic heterocycles. The van der Waals surface area contributed by atoms with Crippen LogP contribution in [0.2, 0.25) is 0 Å². The minimum atomic E-state index is -0.0390. The van der Waals surface area contributed by atoms with Gasteiger partial charge in [-0.2, -0.15) is 0 Å². The van der Waals surface area contributed by atoms with E-state index in [1.165, 1.54) is 33.4 Å². The Balaban J connectivity index is 1.94. The zero-order chi connectivity index (χ0) is 16.0. The van der Waals surface area contributed by atoms with Crippen LogP contribution in [0.3, 0.4) is 0 Å². The maximum absolute atomic E-state index is 6.33. The second-order valence-electron chi connectivity index (χ2n) is 6.90. The third-order valence-electron chi connectivity index (χ3n) is 5.05. The van der Waals surface area contributed by atoms with Crippen LogP contribution in [-0.2, 0) is 11.8 Å². The molecule has 114 valence electrons. The highest BCUT2D eigenvalue weighted by molar-refractivity contribution is 5.87. The number of fused-ring (bicyclic) bond motifs is 3. The highest BCUT2D eigenvalue weighted by Gasteiger charge is 2.37. The van der Waals surface area contributed by atoms with Gasteiger partial charge in [0.2, 0.25) is 0 Å². The smallest absolute Gasteiger partial charge is 0.0361 e. The minimum Gasteiger partial charge on any atom is -0.398 e. The quantitative estimate of drug-likeness (QED) is 0.649. The van der Waals surface area contributed by atoms with Crippen molar-refractivity contribution in [2.45, 2.75) is 25.7 Å². The Morgan fingerprint density at radius 1 is 0.826 bits per heavy atom. The van der Waals surface area contributed by atoms with E-state index in [1.807, 2.05) is 6.07 Å². The molecule has 0 saturated carbocycles. The number of hydrogen-bond acceptors (Lipinski definition) is 1. The Labute approximate surface area is 137 Å². The molecule has 0 atom stereocenters. The second kappa shape index (κ2) is 4.99. The molecule has 0 unspecified atom stereocenters. The van der Waals surface area contributed by atoms with E-state index in [0.29, 0.717) is 0 Å². The third kappa shape index (κ3) is 2.08. The van der Waals surface area contributed by atoms with E-state index in [-0.39, 0.29) is 5.41 Å². The molecule has 0 amide bonds. The molecular formula is C22H21N. The Bertz CT molecular complexity index is 876. The molecular weight excluding hydrogens is 278 g/mol. The van der Waals surface area contributed by atoms with Crippen LogP contribution in [0.25, 0.3) is 11.1 Å². The molecule has 1 heteroatoms. The summed E-state index contributed by atoms with van der Waals surface area (Å²) in [6.07, 6.45) is 0.953. The van der Waals surface area contributed by atoms with Crippen molar-refractivity contribution < 1.29 is 0 Å². The first-order valence-corrected chi connectivity index (χ1v) is 8.14. The van der Waals surface area contributed by atoms with Gasteiger partial charge in [0.05, 0.1) is 0 Å². The molecule has 3 aromatic rings. The molecule has 0 radical (unpaired) electrons. The average Bonchev–Trinajstić information content (AvgIpc) is 2.79. The summed E-state index contributed by atoms with van der Waals surface area (Å²) >= 11 is 0. The summed E-state index contributed by atoms with van der Waals surface area (Å²) in [5.74, 6) is 0. The van der Waals surface area contributed by atoms with Gasteiger partial charge >= 0.3 is 0 Å². The van der Waals surface area contributed by atoms with Crippen molar-refractivity contribution in [1.29, 1.82) is 0 Å². The molecule has 3 aromatic carbocycles. The van der Waals surface area contributed by atoms with E-state index >= 15 is 0 Å². The van der Waals surface area contributed by atoms with Crippen molar-refractivity contribution in [3.63, 3.8) is 0 Å². The van der Waals surface area contributed by atoms with Crippen molar-refractivity contribution in [2.75, 3.05) is 5.73 Å². The Hall–Kier alpha value is -2.54. The summed E-state index contributed by atoms with van der Waals surface area (Å²) < 4.78 is 0. The summed E-state index contributed by atoms with van der Waals surface area (Å²) in [7, 11) is 0. The zero-order valence-electron chi connectivity index (χ0n) is 13.6. The second-order valence-corrected chi connectivity index (χ2v) is 6.90. The summed E-state index contributed by atoms with van der Waals surface area (Å²) in [5, 5.41) is 0. The van der Waals surface area contributed by atoms with E-state index in [0.717, 1.165) is 12.1 Å². The van der Waals surface area contributed by atoms with Gasteiger partial charge in [0.25, 0.3) is 0 Å². The zero-order valence-corrected chi connectivity index (χ0v) is 13.6. The lowest BCUT2D eigenvalue weighted by atomic mass is 9.81. The van der Waals surface area contributed by atoms with Crippen molar-refractivity contribution >= 4 is 5.69 Å². The highest BCUT2D eigenvalue weighted by atomic mass is 14.6. The number of nitrogens with two attached hydrogens (primary N) is 1. The van der Waals surface area contributed by atoms with Gasteiger partial charge in [-0.3, -0.25) is 0 Å². The maximum Gasteiger partial charge on any atom is 0.0361 e. The first-order chi connectivity index (χ1) is 11.1. The number of rotatable bonds is 2. The lowest BCUT2D eigenvalue weighted by Crippen LogP contribution is -2.17. The van der Waals surface area contributed by atoms with Crippen LogP contribution in [0.1, 0.15) is 36.1 Å². The first kappa shape index (κ1) is 14.1. The fraction of sp³-hybridized carbons (Fsp3) is 0.182. The average molecular weight is 299 g/mol. The number of anilines is 1. The van der Waals surface area contributed by atoms with Crippen LogP contribution in [0.15, 0.2) is 66.7 Å². The molecule has 1 aliphatic carbocycles. The lowest BCUT2D eigenvalue weighted by Gasteiger charge is -2.23. The van der Waals surface area contributed by atoms with Gasteiger partial charge in [-0.15, -0.1) is 0 Å². The standard InChI is InChI=1S/C22H21N/c1-22(2)18-12-6-10-16(14-15-8-4-3-5-9-15)20(18)17-11-7-13-19(23)21(17)22/h3-13H,14,23H2,1-2H3. The van der Waals surface area contributed by atoms with Gasteiger partial charge in [-0.05, 0) is 45.9 Å². The van der Waals surface area contributed by atoms with Gasteiger partial charge in [0.15, 0.2) is 0 Å². The number of nitrogen functional groups attached to an aromatic ring is 1.